The molecule has 0 spiro atoms. The molecule has 0 bridgehead atoms. The van der Waals surface area contributed by atoms with E-state index in [1.807, 2.05) is 6.07 Å². The van der Waals surface area contributed by atoms with Gasteiger partial charge in [0.05, 0.1) is 0 Å². The zero-order valence-electron chi connectivity index (χ0n) is 7.09. The Morgan fingerprint density at radius 3 is 2.83 bits per heavy atom. The summed E-state index contributed by atoms with van der Waals surface area (Å²) in [5, 5.41) is 3.64. The number of aryl methyl sites for hydroxylation is 1. The van der Waals surface area contributed by atoms with E-state index in [2.05, 4.69) is 48.0 Å². The van der Waals surface area contributed by atoms with Crippen LogP contribution in [0.2, 0.25) is 0 Å². The molecule has 0 aliphatic carbocycles. The molecule has 0 saturated carbocycles. The lowest BCUT2D eigenvalue weighted by molar-refractivity contribution is 1.36. The summed E-state index contributed by atoms with van der Waals surface area (Å²) in [4.78, 5) is 0. The monoisotopic (exact) mass is 191 g/mol. The molecule has 60 valence electrons. The lowest BCUT2D eigenvalue weighted by atomic mass is 10.1. The number of benzene rings is 1. The Balaban J connectivity index is 2.99. The molecule has 0 aliphatic heterocycles. The van der Waals surface area contributed by atoms with Gasteiger partial charge in [-0.1, -0.05) is 18.2 Å². The van der Waals surface area contributed by atoms with Crippen LogP contribution in [0.1, 0.15) is 11.1 Å². The molecule has 1 rings (SSSR count). The van der Waals surface area contributed by atoms with Crippen LogP contribution in [0.25, 0.3) is 0 Å². The van der Waals surface area contributed by atoms with Crippen LogP contribution in [0, 0.1) is 13.8 Å². The van der Waals surface area contributed by atoms with E-state index >= 15 is 0 Å². The van der Waals surface area contributed by atoms with E-state index in [1.165, 1.54) is 16.3 Å². The van der Waals surface area contributed by atoms with Crippen molar-refractivity contribution in [1.29, 1.82) is 0 Å². The molecule has 2 radical (unpaired) electrons. The summed E-state index contributed by atoms with van der Waals surface area (Å²) in [7, 11) is 0.409. The van der Waals surface area contributed by atoms with Crippen molar-refractivity contribution in [2.45, 2.75) is 13.8 Å². The van der Waals surface area contributed by atoms with Crippen LogP contribution in [0.5, 0.6) is 0 Å². The Morgan fingerprint density at radius 1 is 1.42 bits per heavy atom. The van der Waals surface area contributed by atoms with E-state index in [9.17, 15) is 0 Å². The highest BCUT2D eigenvalue weighted by molar-refractivity contribution is 7.78. The molecule has 1 aromatic carbocycles. The summed E-state index contributed by atoms with van der Waals surface area (Å²) in [6.45, 7) is 4.21. The Bertz CT molecular complexity index is 329. The number of rotatable bonds is 2. The van der Waals surface area contributed by atoms with Crippen LogP contribution in [-0.4, -0.2) is 14.8 Å². The molecule has 0 atom stereocenters. The van der Waals surface area contributed by atoms with E-state index < -0.39 is 0 Å². The van der Waals surface area contributed by atoms with Crippen LogP contribution >= 0.6 is 12.2 Å². The SMILES string of the molecule is Cc1cccc([Si]N=C=S)c1C. The summed E-state index contributed by atoms with van der Waals surface area (Å²) >= 11 is 4.52. The number of hydrogen-bond acceptors (Lipinski definition) is 2. The first-order valence-electron chi connectivity index (χ1n) is 3.65. The maximum atomic E-state index is 4.52. The average molecular weight is 191 g/mol. The van der Waals surface area contributed by atoms with Crippen molar-refractivity contribution in [3.63, 3.8) is 0 Å². The number of nitrogens with zero attached hydrogens (tertiary/aromatic N) is 1. The molecule has 1 aromatic rings. The van der Waals surface area contributed by atoms with Gasteiger partial charge in [0, 0.05) is 5.16 Å². The largest absolute Gasteiger partial charge is 0.269 e. The van der Waals surface area contributed by atoms with Crippen molar-refractivity contribution in [2.75, 3.05) is 0 Å². The minimum absolute atomic E-state index is 0.409. The molecular formula is C9H9NSSi. The van der Waals surface area contributed by atoms with Crippen molar-refractivity contribution in [1.82, 2.24) is 0 Å². The first-order valence-corrected chi connectivity index (χ1v) is 5.00. The van der Waals surface area contributed by atoms with Gasteiger partial charge in [-0.3, -0.25) is 4.66 Å². The highest BCUT2D eigenvalue weighted by atomic mass is 32.1. The second kappa shape index (κ2) is 4.31. The van der Waals surface area contributed by atoms with Gasteiger partial charge in [0.25, 0.3) is 9.68 Å². The van der Waals surface area contributed by atoms with Gasteiger partial charge in [-0.15, -0.1) is 0 Å². The van der Waals surface area contributed by atoms with Crippen molar-refractivity contribution in [2.24, 2.45) is 4.66 Å². The van der Waals surface area contributed by atoms with Gasteiger partial charge in [-0.2, -0.15) is 0 Å². The van der Waals surface area contributed by atoms with Crippen molar-refractivity contribution < 1.29 is 0 Å². The highest BCUT2D eigenvalue weighted by Crippen LogP contribution is 2.01. The second-order valence-electron chi connectivity index (χ2n) is 2.56. The van der Waals surface area contributed by atoms with Gasteiger partial charge in [-0.25, -0.2) is 0 Å². The first kappa shape index (κ1) is 9.33. The molecule has 0 N–H and O–H groups in total. The van der Waals surface area contributed by atoms with Crippen LogP contribution in [0.15, 0.2) is 22.9 Å². The van der Waals surface area contributed by atoms with Gasteiger partial charge in [0.1, 0.15) is 0 Å². The third-order valence-corrected chi connectivity index (χ3v) is 3.09. The Labute approximate surface area is 80.4 Å². The zero-order chi connectivity index (χ0) is 8.97. The van der Waals surface area contributed by atoms with E-state index in [1.54, 1.807) is 0 Å². The van der Waals surface area contributed by atoms with Crippen LogP contribution in [0.3, 0.4) is 0 Å². The summed E-state index contributed by atoms with van der Waals surface area (Å²) in [6.07, 6.45) is 0. The Hall–Kier alpha value is -0.763. The summed E-state index contributed by atoms with van der Waals surface area (Å²) in [5.41, 5.74) is 2.62. The number of hydrogen-bond donors (Lipinski definition) is 0. The van der Waals surface area contributed by atoms with E-state index in [-0.39, 0.29) is 0 Å². The fourth-order valence-electron chi connectivity index (χ4n) is 0.955. The van der Waals surface area contributed by atoms with Crippen molar-refractivity contribution >= 4 is 32.2 Å². The molecule has 12 heavy (non-hydrogen) atoms. The molecule has 0 aromatic heterocycles. The Morgan fingerprint density at radius 2 is 2.17 bits per heavy atom. The third-order valence-electron chi connectivity index (χ3n) is 1.83. The Kier molecular flexibility index (Phi) is 3.35. The predicted octanol–water partition coefficient (Wildman–Crippen LogP) is 1.65. The zero-order valence-corrected chi connectivity index (χ0v) is 8.90. The molecular weight excluding hydrogens is 182 g/mol. The van der Waals surface area contributed by atoms with Gasteiger partial charge in [0.2, 0.25) is 0 Å². The topological polar surface area (TPSA) is 12.4 Å². The highest BCUT2D eigenvalue weighted by Gasteiger charge is 1.99. The molecule has 0 amide bonds. The van der Waals surface area contributed by atoms with E-state index in [0.717, 1.165) is 0 Å². The smallest absolute Gasteiger partial charge is 0.264 e. The number of isothiocyanates is 1. The third kappa shape index (κ3) is 2.11. The number of thiocarbonyl (C=S) groups is 1. The lowest BCUT2D eigenvalue weighted by Crippen LogP contribution is -2.16. The fraction of sp³-hybridized carbons (Fsp3) is 0.222. The summed E-state index contributed by atoms with van der Waals surface area (Å²) < 4.78 is 3.94. The standard InChI is InChI=1S/C9H9NSSi/c1-7-4-3-5-9(8(7)2)12-10-6-11/h3-5H,1-2H3. The molecule has 0 saturated heterocycles. The van der Waals surface area contributed by atoms with Gasteiger partial charge >= 0.3 is 0 Å². The van der Waals surface area contributed by atoms with Gasteiger partial charge in [0.15, 0.2) is 0 Å². The minimum atomic E-state index is 0.409. The van der Waals surface area contributed by atoms with Crippen LogP contribution in [0.4, 0.5) is 0 Å². The van der Waals surface area contributed by atoms with Crippen molar-refractivity contribution in [3.05, 3.63) is 29.3 Å². The summed E-state index contributed by atoms with van der Waals surface area (Å²) in [5.74, 6) is 0. The molecule has 3 heteroatoms. The molecule has 0 aliphatic rings. The average Bonchev–Trinajstić information content (AvgIpc) is 2.08. The molecule has 0 unspecified atom stereocenters. The molecule has 1 nitrogen and oxygen atoms in total. The van der Waals surface area contributed by atoms with Gasteiger partial charge in [-0.05, 0) is 42.4 Å². The minimum Gasteiger partial charge on any atom is -0.269 e. The molecule has 0 fully saturated rings. The lowest BCUT2D eigenvalue weighted by Gasteiger charge is -2.02. The van der Waals surface area contributed by atoms with E-state index in [0.29, 0.717) is 9.68 Å². The van der Waals surface area contributed by atoms with Crippen molar-refractivity contribution in [3.8, 4) is 0 Å². The van der Waals surface area contributed by atoms with Crippen LogP contribution in [-0.2, 0) is 0 Å². The summed E-state index contributed by atoms with van der Waals surface area (Å²) in [6, 6.07) is 6.23. The normalized spacial score (nSPS) is 9.17. The van der Waals surface area contributed by atoms with Gasteiger partial charge < -0.3 is 0 Å². The van der Waals surface area contributed by atoms with Crippen LogP contribution < -0.4 is 5.19 Å². The maximum Gasteiger partial charge on any atom is 0.264 e. The fourth-order valence-corrected chi connectivity index (χ4v) is 1.79. The maximum absolute atomic E-state index is 4.52. The van der Waals surface area contributed by atoms with E-state index in [4.69, 9.17) is 0 Å². The second-order valence-corrected chi connectivity index (χ2v) is 3.73. The molecule has 0 heterocycles. The quantitative estimate of drug-likeness (QED) is 0.393. The predicted molar refractivity (Wildman–Crippen MR) is 56.3 cm³/mol. The first-order chi connectivity index (χ1) is 5.75.